The summed E-state index contributed by atoms with van der Waals surface area (Å²) in [6.07, 6.45) is 1.50. The highest BCUT2D eigenvalue weighted by Crippen LogP contribution is 2.32. The largest absolute Gasteiger partial charge is 0.471 e. The standard InChI is InChI=1S/C18H12O3/c19-18(20)17-11-15(13-7-3-1-4-8-13)16(12-21-17)14-9-5-2-6-10-14/h1-12H/p+1. The summed E-state index contributed by atoms with van der Waals surface area (Å²) in [5.41, 5.74) is 3.64. The number of aromatic carboxylic acids is 1. The molecule has 0 aliphatic rings. The molecule has 0 radical (unpaired) electrons. The van der Waals surface area contributed by atoms with Crippen molar-refractivity contribution in [3.05, 3.63) is 78.8 Å². The summed E-state index contributed by atoms with van der Waals surface area (Å²) < 4.78 is 5.24. The third-order valence-corrected chi connectivity index (χ3v) is 3.25. The van der Waals surface area contributed by atoms with Crippen molar-refractivity contribution >= 4 is 5.97 Å². The highest BCUT2D eigenvalue weighted by atomic mass is 16.4. The summed E-state index contributed by atoms with van der Waals surface area (Å²) in [4.78, 5) is 11.1. The maximum Gasteiger partial charge on any atom is 0.436 e. The van der Waals surface area contributed by atoms with Crippen molar-refractivity contribution in [2.75, 3.05) is 0 Å². The average Bonchev–Trinajstić information content (AvgIpc) is 2.56. The first-order chi connectivity index (χ1) is 10.3. The van der Waals surface area contributed by atoms with Crippen LogP contribution in [0.2, 0.25) is 0 Å². The molecule has 0 bridgehead atoms. The average molecular weight is 277 g/mol. The summed E-state index contributed by atoms with van der Waals surface area (Å²) in [5.74, 6) is -1.15. The van der Waals surface area contributed by atoms with Crippen LogP contribution in [0.25, 0.3) is 22.3 Å². The molecule has 1 aromatic heterocycles. The molecular weight excluding hydrogens is 264 g/mol. The van der Waals surface area contributed by atoms with Gasteiger partial charge < -0.3 is 5.11 Å². The molecule has 0 fully saturated rings. The number of benzene rings is 2. The minimum Gasteiger partial charge on any atom is -0.471 e. The predicted octanol–water partition coefficient (Wildman–Crippen LogP) is 4.59. The second-order valence-corrected chi connectivity index (χ2v) is 4.61. The molecule has 2 aromatic carbocycles. The molecular formula is C18H13O3+. The number of hydrogen-bond donors (Lipinski definition) is 1. The third-order valence-electron chi connectivity index (χ3n) is 3.25. The van der Waals surface area contributed by atoms with Crippen molar-refractivity contribution < 1.29 is 14.3 Å². The van der Waals surface area contributed by atoms with Crippen LogP contribution in [0, 0.1) is 0 Å². The maximum atomic E-state index is 11.1. The Morgan fingerprint density at radius 1 is 0.810 bits per heavy atom. The van der Waals surface area contributed by atoms with E-state index < -0.39 is 5.97 Å². The minimum atomic E-state index is -1.08. The van der Waals surface area contributed by atoms with E-state index in [1.54, 1.807) is 6.07 Å². The van der Waals surface area contributed by atoms with Crippen LogP contribution in [0.15, 0.2) is 77.4 Å². The van der Waals surface area contributed by atoms with Gasteiger partial charge in [0.1, 0.15) is 0 Å². The van der Waals surface area contributed by atoms with Crippen molar-refractivity contribution in [2.45, 2.75) is 0 Å². The van der Waals surface area contributed by atoms with Crippen LogP contribution in [0.4, 0.5) is 0 Å². The molecule has 0 aliphatic heterocycles. The molecule has 0 saturated carbocycles. The SMILES string of the molecule is O=C(O)c1cc(-c2ccccc2)c(-c2ccccc2)c[o+]1. The summed E-state index contributed by atoms with van der Waals surface area (Å²) in [7, 11) is 0. The fourth-order valence-electron chi connectivity index (χ4n) is 2.24. The summed E-state index contributed by atoms with van der Waals surface area (Å²) in [5, 5.41) is 9.12. The van der Waals surface area contributed by atoms with Crippen molar-refractivity contribution in [2.24, 2.45) is 0 Å². The molecule has 0 aliphatic carbocycles. The Hall–Kier alpha value is -2.94. The van der Waals surface area contributed by atoms with Gasteiger partial charge in [-0.05, 0) is 11.1 Å². The molecule has 102 valence electrons. The lowest BCUT2D eigenvalue weighted by molar-refractivity contribution is 0.0660. The molecule has 1 N–H and O–H groups in total. The zero-order valence-electron chi connectivity index (χ0n) is 11.2. The zero-order chi connectivity index (χ0) is 14.7. The highest BCUT2D eigenvalue weighted by Gasteiger charge is 2.22. The van der Waals surface area contributed by atoms with E-state index >= 15 is 0 Å². The van der Waals surface area contributed by atoms with Gasteiger partial charge in [-0.15, -0.1) is 0 Å². The van der Waals surface area contributed by atoms with E-state index in [9.17, 15) is 4.79 Å². The Morgan fingerprint density at radius 2 is 1.33 bits per heavy atom. The molecule has 0 amide bonds. The van der Waals surface area contributed by atoms with Crippen LogP contribution in [0.1, 0.15) is 10.6 Å². The molecule has 0 unspecified atom stereocenters. The van der Waals surface area contributed by atoms with Crippen molar-refractivity contribution in [1.29, 1.82) is 0 Å². The Labute approximate surface area is 122 Å². The normalized spacial score (nSPS) is 10.3. The van der Waals surface area contributed by atoms with Crippen molar-refractivity contribution in [3.8, 4) is 22.3 Å². The van der Waals surface area contributed by atoms with Gasteiger partial charge in [0.2, 0.25) is 0 Å². The predicted molar refractivity (Wildman–Crippen MR) is 80.9 cm³/mol. The first-order valence-corrected chi connectivity index (χ1v) is 6.55. The lowest BCUT2D eigenvalue weighted by atomic mass is 9.96. The minimum absolute atomic E-state index is 0.0754. The van der Waals surface area contributed by atoms with Gasteiger partial charge in [-0.1, -0.05) is 60.7 Å². The summed E-state index contributed by atoms with van der Waals surface area (Å²) >= 11 is 0. The molecule has 3 aromatic rings. The maximum absolute atomic E-state index is 11.1. The number of carboxylic acid groups (broad SMARTS) is 1. The first kappa shape index (κ1) is 13.1. The van der Waals surface area contributed by atoms with E-state index in [1.165, 1.54) is 6.26 Å². The molecule has 3 heteroatoms. The van der Waals surface area contributed by atoms with Crippen LogP contribution < -0.4 is 0 Å². The smallest absolute Gasteiger partial charge is 0.436 e. The van der Waals surface area contributed by atoms with E-state index in [2.05, 4.69) is 0 Å². The van der Waals surface area contributed by atoms with E-state index in [0.717, 1.165) is 22.3 Å². The van der Waals surface area contributed by atoms with Crippen LogP contribution in [0.5, 0.6) is 0 Å². The van der Waals surface area contributed by atoms with Gasteiger partial charge in [-0.25, -0.2) is 9.21 Å². The highest BCUT2D eigenvalue weighted by molar-refractivity contribution is 5.90. The van der Waals surface area contributed by atoms with Gasteiger partial charge in [0.25, 0.3) is 0 Å². The quantitative estimate of drug-likeness (QED) is 0.712. The zero-order valence-corrected chi connectivity index (χ0v) is 11.2. The lowest BCUT2D eigenvalue weighted by Gasteiger charge is -2.05. The molecule has 3 nitrogen and oxygen atoms in total. The van der Waals surface area contributed by atoms with Gasteiger partial charge in [-0.2, -0.15) is 0 Å². The van der Waals surface area contributed by atoms with Crippen LogP contribution >= 0.6 is 0 Å². The van der Waals surface area contributed by atoms with E-state index in [0.29, 0.717) is 0 Å². The Morgan fingerprint density at radius 3 is 1.86 bits per heavy atom. The fourth-order valence-corrected chi connectivity index (χ4v) is 2.24. The number of rotatable bonds is 3. The second-order valence-electron chi connectivity index (χ2n) is 4.61. The Kier molecular flexibility index (Phi) is 3.48. The Bertz CT molecular complexity index is 765. The van der Waals surface area contributed by atoms with Crippen LogP contribution in [-0.2, 0) is 0 Å². The molecule has 0 atom stereocenters. The van der Waals surface area contributed by atoms with Gasteiger partial charge >= 0.3 is 18.0 Å². The molecule has 1 heterocycles. The monoisotopic (exact) mass is 277 g/mol. The van der Waals surface area contributed by atoms with Crippen LogP contribution in [-0.4, -0.2) is 11.1 Å². The summed E-state index contributed by atoms with van der Waals surface area (Å²) in [6.45, 7) is 0. The molecule has 21 heavy (non-hydrogen) atoms. The first-order valence-electron chi connectivity index (χ1n) is 6.55. The van der Waals surface area contributed by atoms with Crippen molar-refractivity contribution in [1.82, 2.24) is 0 Å². The topological polar surface area (TPSA) is 48.6 Å². The summed E-state index contributed by atoms with van der Waals surface area (Å²) in [6, 6.07) is 21.0. The number of carbonyl (C=O) groups is 1. The Balaban J connectivity index is 2.23. The van der Waals surface area contributed by atoms with E-state index in [1.807, 2.05) is 60.7 Å². The number of hydrogen-bond acceptors (Lipinski definition) is 1. The van der Waals surface area contributed by atoms with Gasteiger partial charge in [0, 0.05) is 5.56 Å². The van der Waals surface area contributed by atoms with Gasteiger partial charge in [0.15, 0.2) is 0 Å². The van der Waals surface area contributed by atoms with Gasteiger partial charge in [0.05, 0.1) is 11.6 Å². The second kappa shape index (κ2) is 5.59. The lowest BCUT2D eigenvalue weighted by Crippen LogP contribution is -1.97. The van der Waals surface area contributed by atoms with Crippen LogP contribution in [0.3, 0.4) is 0 Å². The number of carboxylic acids is 1. The fraction of sp³-hybridized carbons (Fsp3) is 0. The third kappa shape index (κ3) is 2.67. The molecule has 0 saturated heterocycles. The molecule has 0 spiro atoms. The van der Waals surface area contributed by atoms with E-state index in [-0.39, 0.29) is 5.76 Å². The van der Waals surface area contributed by atoms with Crippen molar-refractivity contribution in [3.63, 3.8) is 0 Å². The van der Waals surface area contributed by atoms with E-state index in [4.69, 9.17) is 9.52 Å². The van der Waals surface area contributed by atoms with Gasteiger partial charge in [-0.3, -0.25) is 0 Å². The molecule has 3 rings (SSSR count).